The van der Waals surface area contributed by atoms with Crippen LogP contribution in [0.4, 0.5) is 5.69 Å². The van der Waals surface area contributed by atoms with Gasteiger partial charge in [-0.3, -0.25) is 9.78 Å². The lowest BCUT2D eigenvalue weighted by Gasteiger charge is -2.33. The van der Waals surface area contributed by atoms with E-state index in [1.807, 2.05) is 17.2 Å². The number of pyridine rings is 1. The zero-order chi connectivity index (χ0) is 14.1. The van der Waals surface area contributed by atoms with Crippen molar-refractivity contribution < 1.29 is 4.79 Å². The van der Waals surface area contributed by atoms with Crippen LogP contribution in [0.3, 0.4) is 0 Å². The zero-order valence-electron chi connectivity index (χ0n) is 11.8. The number of hydrogen-bond acceptors (Lipinski definition) is 2. The van der Waals surface area contributed by atoms with E-state index in [0.29, 0.717) is 6.42 Å². The van der Waals surface area contributed by atoms with Crippen LogP contribution in [0.5, 0.6) is 0 Å². The summed E-state index contributed by atoms with van der Waals surface area (Å²) in [5, 5.41) is 0. The number of aromatic nitrogens is 1. The molecule has 1 aliphatic rings. The monoisotopic (exact) mass is 266 g/mol. The van der Waals surface area contributed by atoms with E-state index in [-0.39, 0.29) is 11.9 Å². The fourth-order valence-electron chi connectivity index (χ4n) is 2.80. The number of anilines is 1. The van der Waals surface area contributed by atoms with Gasteiger partial charge in [0.25, 0.3) is 0 Å². The average Bonchev–Trinajstić information content (AvgIpc) is 2.47. The summed E-state index contributed by atoms with van der Waals surface area (Å²) in [5.74, 6) is 0.224. The molecule has 2 aromatic rings. The molecule has 0 atom stereocenters. The Labute approximate surface area is 119 Å². The molecule has 1 aromatic carbocycles. The molecule has 0 spiro atoms. The van der Waals surface area contributed by atoms with Crippen molar-refractivity contribution in [1.29, 1.82) is 0 Å². The Morgan fingerprint density at radius 1 is 1.15 bits per heavy atom. The van der Waals surface area contributed by atoms with E-state index in [1.54, 1.807) is 6.20 Å². The van der Waals surface area contributed by atoms with Crippen molar-refractivity contribution in [1.82, 2.24) is 4.98 Å². The van der Waals surface area contributed by atoms with Crippen LogP contribution in [0.1, 0.15) is 25.8 Å². The Balaban J connectivity index is 2.04. The van der Waals surface area contributed by atoms with Gasteiger partial charge in [-0.05, 0) is 55.2 Å². The molecule has 1 aromatic heterocycles. The summed E-state index contributed by atoms with van der Waals surface area (Å²) in [4.78, 5) is 18.1. The minimum Gasteiger partial charge on any atom is -0.310 e. The second-order valence-electron chi connectivity index (χ2n) is 5.44. The predicted molar refractivity (Wildman–Crippen MR) is 80.6 cm³/mol. The third-order valence-corrected chi connectivity index (χ3v) is 3.73. The summed E-state index contributed by atoms with van der Waals surface area (Å²) in [6, 6.07) is 10.5. The van der Waals surface area contributed by atoms with Crippen LogP contribution in [0.2, 0.25) is 0 Å². The number of hydrogen-bond donors (Lipinski definition) is 0. The number of aryl methyl sites for hydroxylation is 1. The molecule has 2 heterocycles. The molecule has 0 radical (unpaired) electrons. The summed E-state index contributed by atoms with van der Waals surface area (Å²) in [5.41, 5.74) is 4.58. The molecular formula is C17H18N2O. The second-order valence-corrected chi connectivity index (χ2v) is 5.44. The Kier molecular flexibility index (Phi) is 3.26. The van der Waals surface area contributed by atoms with Gasteiger partial charge in [-0.25, -0.2) is 0 Å². The van der Waals surface area contributed by atoms with Gasteiger partial charge < -0.3 is 4.90 Å². The lowest BCUT2D eigenvalue weighted by molar-refractivity contribution is -0.119. The minimum absolute atomic E-state index is 0.200. The average molecular weight is 266 g/mol. The van der Waals surface area contributed by atoms with Crippen LogP contribution in [-0.2, 0) is 11.2 Å². The Morgan fingerprint density at radius 2 is 2.00 bits per heavy atom. The number of nitrogens with zero attached hydrogens (tertiary/aromatic N) is 2. The van der Waals surface area contributed by atoms with E-state index in [0.717, 1.165) is 23.2 Å². The standard InChI is InChI=1S/C17H18N2O/c1-12(2)19-16-7-5-13(15-4-3-9-18-11-15)10-14(16)6-8-17(19)20/h3-5,7,9-12H,6,8H2,1-2H3. The van der Waals surface area contributed by atoms with Gasteiger partial charge in [0.15, 0.2) is 0 Å². The van der Waals surface area contributed by atoms with Crippen molar-refractivity contribution in [3.63, 3.8) is 0 Å². The van der Waals surface area contributed by atoms with Crippen molar-refractivity contribution in [2.24, 2.45) is 0 Å². The van der Waals surface area contributed by atoms with Crippen LogP contribution < -0.4 is 4.90 Å². The highest BCUT2D eigenvalue weighted by atomic mass is 16.2. The van der Waals surface area contributed by atoms with Gasteiger partial charge in [0.1, 0.15) is 0 Å². The maximum atomic E-state index is 12.1. The first kappa shape index (κ1) is 12.9. The topological polar surface area (TPSA) is 33.2 Å². The van der Waals surface area contributed by atoms with Gasteiger partial charge in [0, 0.05) is 30.5 Å². The first-order valence-corrected chi connectivity index (χ1v) is 7.02. The highest BCUT2D eigenvalue weighted by Gasteiger charge is 2.26. The third kappa shape index (κ3) is 2.20. The van der Waals surface area contributed by atoms with Gasteiger partial charge in [-0.15, -0.1) is 0 Å². The fraction of sp³-hybridized carbons (Fsp3) is 0.294. The molecule has 1 amide bonds. The number of carbonyl (C=O) groups is 1. The van der Waals surface area contributed by atoms with E-state index in [1.165, 1.54) is 5.56 Å². The molecule has 1 aliphatic heterocycles. The normalized spacial score (nSPS) is 14.6. The summed E-state index contributed by atoms with van der Waals surface area (Å²) >= 11 is 0. The molecule has 0 bridgehead atoms. The van der Waals surface area contributed by atoms with Crippen LogP contribution >= 0.6 is 0 Å². The van der Waals surface area contributed by atoms with Crippen molar-refractivity contribution in [3.8, 4) is 11.1 Å². The number of fused-ring (bicyclic) bond motifs is 1. The lowest BCUT2D eigenvalue weighted by Crippen LogP contribution is -2.40. The highest BCUT2D eigenvalue weighted by molar-refractivity contribution is 5.97. The maximum Gasteiger partial charge on any atom is 0.227 e. The Hall–Kier alpha value is -2.16. The summed E-state index contributed by atoms with van der Waals surface area (Å²) < 4.78 is 0. The molecule has 0 fully saturated rings. The largest absolute Gasteiger partial charge is 0.310 e. The summed E-state index contributed by atoms with van der Waals surface area (Å²) in [7, 11) is 0. The van der Waals surface area contributed by atoms with Gasteiger partial charge in [-0.2, -0.15) is 0 Å². The highest BCUT2D eigenvalue weighted by Crippen LogP contribution is 2.33. The maximum absolute atomic E-state index is 12.1. The van der Waals surface area contributed by atoms with Crippen LogP contribution in [0.25, 0.3) is 11.1 Å². The first-order chi connectivity index (χ1) is 9.66. The van der Waals surface area contributed by atoms with Crippen molar-refractivity contribution in [3.05, 3.63) is 48.3 Å². The van der Waals surface area contributed by atoms with Crippen LogP contribution in [0.15, 0.2) is 42.7 Å². The predicted octanol–water partition coefficient (Wildman–Crippen LogP) is 3.44. The molecule has 0 unspecified atom stereocenters. The molecule has 0 N–H and O–H groups in total. The van der Waals surface area contributed by atoms with Crippen molar-refractivity contribution in [2.45, 2.75) is 32.7 Å². The Morgan fingerprint density at radius 3 is 2.70 bits per heavy atom. The van der Waals surface area contributed by atoms with E-state index in [9.17, 15) is 4.79 Å². The molecule has 20 heavy (non-hydrogen) atoms. The molecule has 0 aliphatic carbocycles. The Bertz CT molecular complexity index is 635. The molecular weight excluding hydrogens is 248 g/mol. The van der Waals surface area contributed by atoms with Gasteiger partial charge in [0.05, 0.1) is 0 Å². The van der Waals surface area contributed by atoms with Gasteiger partial charge in [0.2, 0.25) is 5.91 Å². The van der Waals surface area contributed by atoms with Crippen molar-refractivity contribution in [2.75, 3.05) is 4.90 Å². The number of rotatable bonds is 2. The molecule has 0 saturated carbocycles. The minimum atomic E-state index is 0.200. The van der Waals surface area contributed by atoms with E-state index in [4.69, 9.17) is 0 Å². The quantitative estimate of drug-likeness (QED) is 0.834. The lowest BCUT2D eigenvalue weighted by atomic mass is 9.95. The van der Waals surface area contributed by atoms with Gasteiger partial charge in [-0.1, -0.05) is 12.1 Å². The molecule has 3 nitrogen and oxygen atoms in total. The third-order valence-electron chi connectivity index (χ3n) is 3.73. The van der Waals surface area contributed by atoms with Crippen LogP contribution in [0, 0.1) is 0 Å². The number of carbonyl (C=O) groups excluding carboxylic acids is 1. The fourth-order valence-corrected chi connectivity index (χ4v) is 2.80. The van der Waals surface area contributed by atoms with Crippen molar-refractivity contribution >= 4 is 11.6 Å². The van der Waals surface area contributed by atoms with Gasteiger partial charge >= 0.3 is 0 Å². The smallest absolute Gasteiger partial charge is 0.227 e. The zero-order valence-corrected chi connectivity index (χ0v) is 11.8. The van der Waals surface area contributed by atoms with E-state index < -0.39 is 0 Å². The second kappa shape index (κ2) is 5.08. The van der Waals surface area contributed by atoms with E-state index in [2.05, 4.69) is 43.1 Å². The summed E-state index contributed by atoms with van der Waals surface area (Å²) in [6.07, 6.45) is 5.07. The molecule has 102 valence electrons. The molecule has 3 heteroatoms. The number of amides is 1. The first-order valence-electron chi connectivity index (χ1n) is 7.02. The van der Waals surface area contributed by atoms with Crippen LogP contribution in [-0.4, -0.2) is 16.9 Å². The number of benzene rings is 1. The SMILES string of the molecule is CC(C)N1C(=O)CCc2cc(-c3cccnc3)ccc21. The summed E-state index contributed by atoms with van der Waals surface area (Å²) in [6.45, 7) is 4.12. The molecule has 3 rings (SSSR count). The van der Waals surface area contributed by atoms with E-state index >= 15 is 0 Å². The molecule has 0 saturated heterocycles.